The predicted octanol–water partition coefficient (Wildman–Crippen LogP) is 5.87. The van der Waals surface area contributed by atoms with Crippen LogP contribution in [-0.2, 0) is 40.1 Å². The van der Waals surface area contributed by atoms with E-state index in [0.717, 1.165) is 121 Å². The maximum absolute atomic E-state index is 14.3. The number of halogens is 2. The zero-order valence-corrected chi connectivity index (χ0v) is 40.9. The summed E-state index contributed by atoms with van der Waals surface area (Å²) >= 11 is 14.9. The molecule has 0 bridgehead atoms. The predicted molar refractivity (Wildman–Crippen MR) is 268 cm³/mol. The molecule has 0 saturated carbocycles. The van der Waals surface area contributed by atoms with Crippen LogP contribution in [0.2, 0.25) is 5.02 Å². The molecule has 0 radical (unpaired) electrons. The number of hydrogen-bond acceptors (Lipinski definition) is 14. The Labute approximate surface area is 409 Å². The SMILES string of the molecule is CN1CCC(C(=O)N2Cc3c(C4=Nc5ncc(CC6(C)CN(CCN7CCOCC7)Cc7c(-c8[nH]c9ncccc9c8Cl)c8c(N)ncnc8n76)cc5C4Cl)c4c(N)ncnc4n3C(C)(C)C2)CC1. The minimum Gasteiger partial charge on any atom is -0.383 e. The van der Waals surface area contributed by atoms with E-state index in [9.17, 15) is 4.79 Å². The standard InChI is InChI=1S/C49H56Cl2N16O2/c1-48(2)23-65(47(68)28-7-10-62(4)11-8-28)22-32-34(35-41(52)56-25-58-45(35)66(32)48)40-38(51)30-18-27(20-55-44(30)61-40)19-49(3)24-64(13-12-63-14-16-69-17-15-63)21-31-33(36-42(53)57-26-59-46(36)67(31)49)39-37(50)29-6-5-9-54-43(29)60-39/h5-6,9,18,20,25-26,28,38H,7-8,10-17,19,21-24H2,1-4H3,(H,54,60)(H2,52,56,58)(H2,53,57,59). The monoisotopic (exact) mass is 970 g/mol. The summed E-state index contributed by atoms with van der Waals surface area (Å²) in [5.74, 6) is 1.41. The van der Waals surface area contributed by atoms with Gasteiger partial charge in [-0.05, 0) is 83.9 Å². The zero-order valence-electron chi connectivity index (χ0n) is 39.3. The number of H-pyrrole nitrogens is 1. The number of nitrogen functional groups attached to an aromatic ring is 2. The first kappa shape index (κ1) is 44.4. The first-order chi connectivity index (χ1) is 33.3. The lowest BCUT2D eigenvalue weighted by Crippen LogP contribution is -2.52. The summed E-state index contributed by atoms with van der Waals surface area (Å²) < 4.78 is 10.3. The molecule has 0 spiro atoms. The van der Waals surface area contributed by atoms with E-state index in [1.807, 2.05) is 23.2 Å². The van der Waals surface area contributed by atoms with Gasteiger partial charge in [-0.3, -0.25) is 14.6 Å². The van der Waals surface area contributed by atoms with Gasteiger partial charge >= 0.3 is 0 Å². The van der Waals surface area contributed by atoms with E-state index >= 15 is 0 Å². The number of amides is 1. The molecular formula is C49H56Cl2N16O2. The molecule has 1 amide bonds. The fourth-order valence-electron chi connectivity index (χ4n) is 12.1. The van der Waals surface area contributed by atoms with Crippen molar-refractivity contribution in [2.75, 3.05) is 84.1 Å². The average Bonchev–Trinajstić information content (AvgIpc) is 4.06. The van der Waals surface area contributed by atoms with Gasteiger partial charge in [0.1, 0.15) is 46.6 Å². The van der Waals surface area contributed by atoms with Crippen LogP contribution in [0.25, 0.3) is 44.4 Å². The van der Waals surface area contributed by atoms with E-state index in [0.29, 0.717) is 77.5 Å². The molecule has 7 aromatic rings. The second kappa shape index (κ2) is 16.7. The number of nitrogens with two attached hydrogens (primary N) is 2. The molecule has 2 unspecified atom stereocenters. The number of pyridine rings is 2. The fourth-order valence-corrected chi connectivity index (χ4v) is 12.7. The molecule has 358 valence electrons. The van der Waals surface area contributed by atoms with Crippen LogP contribution in [0.5, 0.6) is 0 Å². The largest absolute Gasteiger partial charge is 0.383 e. The van der Waals surface area contributed by atoms with Crippen molar-refractivity contribution >= 4 is 85.4 Å². The van der Waals surface area contributed by atoms with Gasteiger partial charge in [0, 0.05) is 97.6 Å². The van der Waals surface area contributed by atoms with Gasteiger partial charge in [0.05, 0.1) is 58.0 Å². The van der Waals surface area contributed by atoms with Gasteiger partial charge in [0.15, 0.2) is 5.82 Å². The van der Waals surface area contributed by atoms with E-state index in [2.05, 4.69) is 77.7 Å². The van der Waals surface area contributed by atoms with Crippen LogP contribution < -0.4 is 11.5 Å². The Morgan fingerprint density at radius 3 is 2.30 bits per heavy atom. The van der Waals surface area contributed by atoms with E-state index in [4.69, 9.17) is 59.4 Å². The topological polar surface area (TPSA) is 207 Å². The first-order valence-electron chi connectivity index (χ1n) is 23.9. The highest BCUT2D eigenvalue weighted by molar-refractivity contribution is 6.39. The zero-order chi connectivity index (χ0) is 47.5. The lowest BCUT2D eigenvalue weighted by atomic mass is 9.89. The highest BCUT2D eigenvalue weighted by atomic mass is 35.5. The van der Waals surface area contributed by atoms with E-state index < -0.39 is 16.5 Å². The van der Waals surface area contributed by atoms with Crippen LogP contribution in [0.15, 0.2) is 48.2 Å². The molecule has 69 heavy (non-hydrogen) atoms. The minimum atomic E-state index is -0.672. The quantitative estimate of drug-likeness (QED) is 0.153. The number of aliphatic imine (C=N–C) groups is 1. The van der Waals surface area contributed by atoms with Gasteiger partial charge in [-0.1, -0.05) is 11.6 Å². The van der Waals surface area contributed by atoms with Crippen LogP contribution in [0, 0.1) is 5.92 Å². The van der Waals surface area contributed by atoms with Crippen molar-refractivity contribution in [2.45, 2.75) is 69.6 Å². The summed E-state index contributed by atoms with van der Waals surface area (Å²) in [7, 11) is 2.11. The molecular weight excluding hydrogens is 916 g/mol. The number of likely N-dealkylation sites (tertiary alicyclic amines) is 1. The van der Waals surface area contributed by atoms with Crippen LogP contribution in [0.1, 0.15) is 67.1 Å². The molecule has 12 rings (SSSR count). The Hall–Kier alpha value is -5.76. The van der Waals surface area contributed by atoms with Gasteiger partial charge in [0.25, 0.3) is 0 Å². The Morgan fingerprint density at radius 2 is 1.57 bits per heavy atom. The number of nitrogens with one attached hydrogen (secondary N) is 1. The summed E-state index contributed by atoms with van der Waals surface area (Å²) in [5, 5.41) is 2.16. The van der Waals surface area contributed by atoms with Crippen LogP contribution in [-0.4, -0.2) is 148 Å². The highest BCUT2D eigenvalue weighted by Crippen LogP contribution is 2.49. The van der Waals surface area contributed by atoms with Crippen molar-refractivity contribution in [1.29, 1.82) is 0 Å². The lowest BCUT2D eigenvalue weighted by Gasteiger charge is -2.44. The number of rotatable bonds is 8. The van der Waals surface area contributed by atoms with Gasteiger partial charge in [-0.25, -0.2) is 34.9 Å². The number of aromatic amines is 1. The van der Waals surface area contributed by atoms with Gasteiger partial charge in [0.2, 0.25) is 5.91 Å². The van der Waals surface area contributed by atoms with Gasteiger partial charge in [-0.15, -0.1) is 11.6 Å². The lowest BCUT2D eigenvalue weighted by molar-refractivity contribution is -0.140. The van der Waals surface area contributed by atoms with E-state index in [-0.39, 0.29) is 11.8 Å². The number of alkyl halides is 1. The molecule has 5 aliphatic heterocycles. The summed E-state index contributed by atoms with van der Waals surface area (Å²) in [5.41, 5.74) is 21.4. The molecule has 5 aliphatic rings. The van der Waals surface area contributed by atoms with Gasteiger partial charge in [-0.2, -0.15) is 0 Å². The van der Waals surface area contributed by atoms with Crippen molar-refractivity contribution in [3.63, 3.8) is 0 Å². The highest BCUT2D eigenvalue weighted by Gasteiger charge is 2.45. The number of nitrogens with zero attached hydrogens (tertiary/aromatic N) is 13. The molecule has 2 fully saturated rings. The second-order valence-electron chi connectivity index (χ2n) is 20.5. The molecule has 2 saturated heterocycles. The number of carbonyl (C=O) groups is 1. The number of ether oxygens (including phenoxy) is 1. The molecule has 7 aromatic heterocycles. The summed E-state index contributed by atoms with van der Waals surface area (Å²) in [4.78, 5) is 60.7. The van der Waals surface area contributed by atoms with Crippen molar-refractivity contribution in [2.24, 2.45) is 10.9 Å². The number of hydrogen-bond donors (Lipinski definition) is 3. The van der Waals surface area contributed by atoms with Crippen LogP contribution in [0.4, 0.5) is 17.5 Å². The Bertz CT molecular complexity index is 3240. The average molecular weight is 972 g/mol. The fraction of sp³-hybridized carbons (Fsp3) is 0.469. The first-order valence-corrected chi connectivity index (χ1v) is 24.7. The molecule has 0 aliphatic carbocycles. The number of anilines is 2. The Morgan fingerprint density at radius 1 is 0.870 bits per heavy atom. The van der Waals surface area contributed by atoms with Crippen molar-refractivity contribution in [1.82, 2.24) is 63.6 Å². The number of carbonyl (C=O) groups excluding carboxylic acids is 1. The Kier molecular flexibility index (Phi) is 10.8. The maximum Gasteiger partial charge on any atom is 0.226 e. The summed E-state index contributed by atoms with van der Waals surface area (Å²) in [6.45, 7) is 15.7. The smallest absolute Gasteiger partial charge is 0.226 e. The van der Waals surface area contributed by atoms with Crippen LogP contribution in [0.3, 0.4) is 0 Å². The summed E-state index contributed by atoms with van der Waals surface area (Å²) in [6.07, 6.45) is 8.97. The van der Waals surface area contributed by atoms with Gasteiger partial charge < -0.3 is 40.1 Å². The minimum absolute atomic E-state index is 0.0266. The van der Waals surface area contributed by atoms with E-state index in [1.54, 1.807) is 6.20 Å². The number of fused-ring (bicyclic) bond motifs is 8. The third kappa shape index (κ3) is 7.27. The third-order valence-corrected chi connectivity index (χ3v) is 16.1. The molecule has 20 heteroatoms. The van der Waals surface area contributed by atoms with Crippen molar-refractivity contribution in [3.05, 3.63) is 76.3 Å². The molecule has 2 atom stereocenters. The Balaban J connectivity index is 0.928. The maximum atomic E-state index is 14.3. The van der Waals surface area contributed by atoms with Crippen molar-refractivity contribution in [3.8, 4) is 11.3 Å². The molecule has 12 heterocycles. The molecule has 0 aromatic carbocycles. The van der Waals surface area contributed by atoms with E-state index in [1.165, 1.54) is 12.7 Å². The number of aromatic nitrogens is 9. The molecule has 18 nitrogen and oxygen atoms in total. The third-order valence-electron chi connectivity index (χ3n) is 15.3. The summed E-state index contributed by atoms with van der Waals surface area (Å²) in [6, 6.07) is 6.00. The molecule has 5 N–H and O–H groups in total. The number of piperidine rings is 1. The van der Waals surface area contributed by atoms with Crippen molar-refractivity contribution < 1.29 is 9.53 Å². The number of morpholine rings is 1. The normalized spacial score (nSPS) is 22.4. The second-order valence-corrected chi connectivity index (χ2v) is 21.3. The van der Waals surface area contributed by atoms with Crippen LogP contribution >= 0.6 is 23.2 Å².